The first kappa shape index (κ1) is 17.8. The van der Waals surface area contributed by atoms with E-state index in [9.17, 15) is 4.79 Å². The van der Waals surface area contributed by atoms with Gasteiger partial charge < -0.3 is 24.1 Å². The summed E-state index contributed by atoms with van der Waals surface area (Å²) in [5.74, 6) is 2.52. The lowest BCUT2D eigenvalue weighted by atomic mass is 9.90. The third kappa shape index (κ3) is 3.10. The monoisotopic (exact) mass is 386 g/mol. The Morgan fingerprint density at radius 1 is 1.21 bits per heavy atom. The van der Waals surface area contributed by atoms with Gasteiger partial charge in [-0.3, -0.25) is 5.32 Å². The first-order valence-corrected chi connectivity index (χ1v) is 10.0. The van der Waals surface area contributed by atoms with Crippen LogP contribution < -0.4 is 10.1 Å². The number of carbonyl (C=O) groups excluding carboxylic acids is 1. The van der Waals surface area contributed by atoms with Gasteiger partial charge in [0, 0.05) is 38.1 Å². The second-order valence-corrected chi connectivity index (χ2v) is 7.95. The van der Waals surface area contributed by atoms with Crippen molar-refractivity contribution in [3.63, 3.8) is 0 Å². The number of anilines is 1. The highest BCUT2D eigenvalue weighted by Gasteiger charge is 2.39. The van der Waals surface area contributed by atoms with Crippen molar-refractivity contribution < 1.29 is 19.0 Å². The van der Waals surface area contributed by atoms with Crippen molar-refractivity contribution in [3.05, 3.63) is 17.7 Å². The maximum absolute atomic E-state index is 12.7. The van der Waals surface area contributed by atoms with Crippen molar-refractivity contribution in [2.24, 2.45) is 11.8 Å². The van der Waals surface area contributed by atoms with E-state index in [4.69, 9.17) is 19.2 Å². The van der Waals surface area contributed by atoms with Crippen LogP contribution >= 0.6 is 0 Å². The van der Waals surface area contributed by atoms with Gasteiger partial charge in [-0.2, -0.15) is 0 Å². The Hall–Kier alpha value is -2.32. The number of carbonyl (C=O) groups is 1. The van der Waals surface area contributed by atoms with Crippen LogP contribution in [0.2, 0.25) is 0 Å². The molecule has 150 valence electrons. The number of nitrogens with zero attached hydrogens (tertiary/aromatic N) is 2. The van der Waals surface area contributed by atoms with E-state index in [-0.39, 0.29) is 6.03 Å². The lowest BCUT2D eigenvalue weighted by Crippen LogP contribution is -2.34. The van der Waals surface area contributed by atoms with Crippen LogP contribution in [-0.2, 0) is 9.47 Å². The zero-order chi connectivity index (χ0) is 19.1. The number of ether oxygens (including phenoxy) is 3. The van der Waals surface area contributed by atoms with Crippen LogP contribution in [0.3, 0.4) is 0 Å². The minimum Gasteiger partial charge on any atom is -0.494 e. The highest BCUT2D eigenvalue weighted by molar-refractivity contribution is 5.92. The molecular weight excluding hydrogens is 360 g/mol. The summed E-state index contributed by atoms with van der Waals surface area (Å²) in [5.41, 5.74) is 2.88. The molecule has 4 heterocycles. The predicted molar refractivity (Wildman–Crippen MR) is 104 cm³/mol. The minimum absolute atomic E-state index is 0.111. The lowest BCUT2D eigenvalue weighted by Gasteiger charge is -2.22. The van der Waals surface area contributed by atoms with E-state index >= 15 is 0 Å². The zero-order valence-corrected chi connectivity index (χ0v) is 16.1. The van der Waals surface area contributed by atoms with Gasteiger partial charge in [0.15, 0.2) is 0 Å². The molecule has 2 unspecified atom stereocenters. The van der Waals surface area contributed by atoms with E-state index in [2.05, 4.69) is 16.4 Å². The van der Waals surface area contributed by atoms with Gasteiger partial charge in [0.05, 0.1) is 25.8 Å². The number of benzene rings is 1. The molecule has 0 bridgehead atoms. The molecule has 1 aromatic carbocycles. The van der Waals surface area contributed by atoms with Crippen LogP contribution in [0.5, 0.6) is 5.75 Å². The SMILES string of the molecule is COc1ccc(C2CCOCC2)c2nc(NC(=O)N3CC4COCC4C3)[nH]c12. The number of methoxy groups -OCH3 is 1. The van der Waals surface area contributed by atoms with E-state index < -0.39 is 0 Å². The Labute approximate surface area is 163 Å². The molecule has 5 rings (SSSR count). The number of rotatable bonds is 3. The fraction of sp³-hybridized carbons (Fsp3) is 0.600. The van der Waals surface area contributed by atoms with Crippen LogP contribution in [0.25, 0.3) is 11.0 Å². The van der Waals surface area contributed by atoms with Crippen molar-refractivity contribution in [3.8, 4) is 5.75 Å². The summed E-state index contributed by atoms with van der Waals surface area (Å²) in [6, 6.07) is 3.95. The zero-order valence-electron chi connectivity index (χ0n) is 16.1. The number of imidazole rings is 1. The first-order valence-electron chi connectivity index (χ1n) is 10.0. The molecule has 0 spiro atoms. The summed E-state index contributed by atoms with van der Waals surface area (Å²) >= 11 is 0. The smallest absolute Gasteiger partial charge is 0.324 e. The maximum Gasteiger partial charge on any atom is 0.324 e. The second kappa shape index (κ2) is 7.25. The number of fused-ring (bicyclic) bond motifs is 2. The molecule has 3 saturated heterocycles. The van der Waals surface area contributed by atoms with E-state index in [0.29, 0.717) is 23.7 Å². The Morgan fingerprint density at radius 3 is 2.68 bits per heavy atom. The summed E-state index contributed by atoms with van der Waals surface area (Å²) in [6.07, 6.45) is 1.96. The van der Waals surface area contributed by atoms with Gasteiger partial charge >= 0.3 is 6.03 Å². The Balaban J connectivity index is 1.39. The number of aromatic nitrogens is 2. The minimum atomic E-state index is -0.111. The van der Waals surface area contributed by atoms with Gasteiger partial charge in [-0.25, -0.2) is 9.78 Å². The number of amides is 2. The largest absolute Gasteiger partial charge is 0.494 e. The Morgan fingerprint density at radius 2 is 1.96 bits per heavy atom. The van der Waals surface area contributed by atoms with Crippen LogP contribution in [-0.4, -0.2) is 67.5 Å². The molecular formula is C20H26N4O4. The maximum atomic E-state index is 12.7. The van der Waals surface area contributed by atoms with Crippen LogP contribution in [0.4, 0.5) is 10.7 Å². The summed E-state index contributed by atoms with van der Waals surface area (Å²) in [4.78, 5) is 22.6. The molecule has 0 aliphatic carbocycles. The van der Waals surface area contributed by atoms with Crippen LogP contribution in [0, 0.1) is 11.8 Å². The van der Waals surface area contributed by atoms with Crippen molar-refractivity contribution >= 4 is 23.0 Å². The van der Waals surface area contributed by atoms with Gasteiger partial charge in [-0.15, -0.1) is 0 Å². The molecule has 3 aliphatic rings. The van der Waals surface area contributed by atoms with E-state index in [1.807, 2.05) is 11.0 Å². The molecule has 1 aromatic heterocycles. The van der Waals surface area contributed by atoms with Crippen LogP contribution in [0.1, 0.15) is 24.3 Å². The fourth-order valence-electron chi connectivity index (χ4n) is 4.69. The molecule has 3 aliphatic heterocycles. The molecule has 0 radical (unpaired) electrons. The molecule has 2 aromatic rings. The van der Waals surface area contributed by atoms with E-state index in [1.54, 1.807) is 7.11 Å². The van der Waals surface area contributed by atoms with Crippen molar-refractivity contribution in [1.82, 2.24) is 14.9 Å². The molecule has 2 atom stereocenters. The average Bonchev–Trinajstić information content (AvgIpc) is 3.42. The van der Waals surface area contributed by atoms with Gasteiger partial charge in [0.2, 0.25) is 5.95 Å². The summed E-state index contributed by atoms with van der Waals surface area (Å²) in [7, 11) is 1.65. The van der Waals surface area contributed by atoms with Gasteiger partial charge in [-0.1, -0.05) is 6.07 Å². The highest BCUT2D eigenvalue weighted by atomic mass is 16.5. The third-order valence-corrected chi connectivity index (χ3v) is 6.27. The molecule has 28 heavy (non-hydrogen) atoms. The van der Waals surface area contributed by atoms with Gasteiger partial charge in [0.25, 0.3) is 0 Å². The van der Waals surface area contributed by atoms with Gasteiger partial charge in [0.1, 0.15) is 11.3 Å². The van der Waals surface area contributed by atoms with E-state index in [0.717, 1.165) is 69.1 Å². The van der Waals surface area contributed by atoms with Crippen molar-refractivity contribution in [2.45, 2.75) is 18.8 Å². The quantitative estimate of drug-likeness (QED) is 0.846. The standard InChI is InChI=1S/C20H26N4O4/c1-26-16-3-2-15(12-4-6-27-7-5-12)17-18(16)22-19(21-17)23-20(25)24-8-13-10-28-11-14(13)9-24/h2-3,12-14H,4-11H2,1H3,(H2,21,22,23,25). The lowest BCUT2D eigenvalue weighted by molar-refractivity contribution is 0.0856. The van der Waals surface area contributed by atoms with Crippen LogP contribution in [0.15, 0.2) is 12.1 Å². The third-order valence-electron chi connectivity index (χ3n) is 6.27. The van der Waals surface area contributed by atoms with Crippen molar-refractivity contribution in [1.29, 1.82) is 0 Å². The predicted octanol–water partition coefficient (Wildman–Crippen LogP) is 2.58. The Kier molecular flexibility index (Phi) is 4.60. The number of nitrogens with one attached hydrogen (secondary N) is 2. The Bertz CT molecular complexity index is 864. The molecule has 8 nitrogen and oxygen atoms in total. The summed E-state index contributed by atoms with van der Waals surface area (Å²) < 4.78 is 16.5. The molecule has 3 fully saturated rings. The molecule has 8 heteroatoms. The summed E-state index contributed by atoms with van der Waals surface area (Å²) in [6.45, 7) is 4.54. The first-order chi connectivity index (χ1) is 13.7. The fourth-order valence-corrected chi connectivity index (χ4v) is 4.69. The van der Waals surface area contributed by atoms with Crippen molar-refractivity contribution in [2.75, 3.05) is 51.9 Å². The topological polar surface area (TPSA) is 88.7 Å². The number of likely N-dealkylation sites (tertiary alicyclic amines) is 1. The molecule has 2 N–H and O–H groups in total. The highest BCUT2D eigenvalue weighted by Crippen LogP contribution is 2.36. The number of hydrogen-bond acceptors (Lipinski definition) is 5. The molecule has 0 saturated carbocycles. The number of urea groups is 1. The number of hydrogen-bond donors (Lipinski definition) is 2. The molecule has 2 amide bonds. The van der Waals surface area contributed by atoms with Gasteiger partial charge in [-0.05, 0) is 30.4 Å². The number of aromatic amines is 1. The summed E-state index contributed by atoms with van der Waals surface area (Å²) in [5, 5.41) is 2.94. The number of H-pyrrole nitrogens is 1. The van der Waals surface area contributed by atoms with E-state index in [1.165, 1.54) is 5.56 Å². The average molecular weight is 386 g/mol. The normalized spacial score (nSPS) is 25.2. The second-order valence-electron chi connectivity index (χ2n) is 7.95.